The average Bonchev–Trinajstić information content (AvgIpc) is 3.31. The maximum absolute atomic E-state index is 11.6. The summed E-state index contributed by atoms with van der Waals surface area (Å²) < 4.78 is 23.2. The van der Waals surface area contributed by atoms with E-state index in [2.05, 4.69) is 39.5 Å². The van der Waals surface area contributed by atoms with E-state index in [0.29, 0.717) is 4.90 Å². The Hall–Kier alpha value is -1.61. The molecule has 1 spiro atoms. The Balaban J connectivity index is 0.00000256. The molecule has 5 nitrogen and oxygen atoms in total. The van der Waals surface area contributed by atoms with E-state index in [1.165, 1.54) is 43.2 Å². The molecule has 1 aliphatic carbocycles. The van der Waals surface area contributed by atoms with Crippen LogP contribution >= 0.6 is 24.0 Å². The monoisotopic (exact) mass is 539 g/mol. The number of para-hydroxylation sites is 1. The van der Waals surface area contributed by atoms with Gasteiger partial charge in [-0.05, 0) is 48.6 Å². The molecule has 1 saturated carbocycles. The summed E-state index contributed by atoms with van der Waals surface area (Å²) >= 11 is 0. The minimum Gasteiger partial charge on any atom is -0.356 e. The van der Waals surface area contributed by atoms with Crippen molar-refractivity contribution in [2.24, 2.45) is 4.99 Å². The molecule has 0 bridgehead atoms. The van der Waals surface area contributed by atoms with Gasteiger partial charge in [0.2, 0.25) is 0 Å². The minimum absolute atomic E-state index is 0. The molecule has 0 atom stereocenters. The lowest BCUT2D eigenvalue weighted by molar-refractivity contribution is 0.478. The van der Waals surface area contributed by atoms with Crippen LogP contribution in [0.1, 0.15) is 36.8 Å². The molecule has 162 valence electrons. The fourth-order valence-corrected chi connectivity index (χ4v) is 5.45. The van der Waals surface area contributed by atoms with Crippen LogP contribution in [0.3, 0.4) is 0 Å². The maximum Gasteiger partial charge on any atom is 0.198 e. The summed E-state index contributed by atoms with van der Waals surface area (Å²) in [7, 11) is -1.31. The second kappa shape index (κ2) is 9.26. The number of anilines is 1. The van der Waals surface area contributed by atoms with E-state index in [1.54, 1.807) is 12.1 Å². The zero-order valence-electron chi connectivity index (χ0n) is 17.6. The Morgan fingerprint density at radius 2 is 1.77 bits per heavy atom. The van der Waals surface area contributed by atoms with Gasteiger partial charge < -0.3 is 10.2 Å². The van der Waals surface area contributed by atoms with E-state index in [9.17, 15) is 8.42 Å². The van der Waals surface area contributed by atoms with Gasteiger partial charge in [0, 0.05) is 37.5 Å². The lowest BCUT2D eigenvalue weighted by Gasteiger charge is -2.26. The molecule has 0 saturated heterocycles. The third kappa shape index (κ3) is 4.51. The quantitative estimate of drug-likeness (QED) is 0.360. The van der Waals surface area contributed by atoms with Crippen LogP contribution in [-0.4, -0.2) is 40.8 Å². The first-order valence-corrected chi connectivity index (χ1v) is 12.2. The zero-order valence-corrected chi connectivity index (χ0v) is 20.7. The van der Waals surface area contributed by atoms with Crippen molar-refractivity contribution < 1.29 is 8.42 Å². The summed E-state index contributed by atoms with van der Waals surface area (Å²) in [6, 6.07) is 15.9. The molecule has 1 heterocycles. The summed E-state index contributed by atoms with van der Waals surface area (Å²) in [5, 5.41) is 3.51. The Labute approximate surface area is 196 Å². The number of nitrogens with one attached hydrogen (secondary N) is 1. The van der Waals surface area contributed by atoms with E-state index >= 15 is 0 Å². The average molecular weight is 539 g/mol. The summed E-state index contributed by atoms with van der Waals surface area (Å²) in [6.07, 6.45) is 7.16. The third-order valence-corrected chi connectivity index (χ3v) is 7.43. The molecule has 2 aromatic carbocycles. The number of hydrogen-bond acceptors (Lipinski definition) is 3. The fraction of sp³-hybridized carbons (Fsp3) is 0.435. The normalized spacial score (nSPS) is 17.7. The largest absolute Gasteiger partial charge is 0.356 e. The summed E-state index contributed by atoms with van der Waals surface area (Å²) in [5.41, 5.74) is 4.13. The van der Waals surface area contributed by atoms with Gasteiger partial charge in [0.15, 0.2) is 15.8 Å². The molecule has 0 radical (unpaired) electrons. The summed E-state index contributed by atoms with van der Waals surface area (Å²) in [4.78, 5) is 7.26. The Bertz CT molecular complexity index is 1010. The number of hydrogen-bond donors (Lipinski definition) is 1. The van der Waals surface area contributed by atoms with Gasteiger partial charge in [-0.15, -0.1) is 24.0 Å². The van der Waals surface area contributed by atoms with Crippen LogP contribution in [0.15, 0.2) is 58.4 Å². The van der Waals surface area contributed by atoms with Crippen LogP contribution in [0.25, 0.3) is 0 Å². The molecule has 1 aliphatic heterocycles. The van der Waals surface area contributed by atoms with E-state index < -0.39 is 9.84 Å². The molecule has 0 amide bonds. The van der Waals surface area contributed by atoms with Crippen molar-refractivity contribution in [1.29, 1.82) is 0 Å². The number of fused-ring (bicyclic) bond motifs is 2. The number of nitrogens with zero attached hydrogens (tertiary/aromatic N) is 2. The van der Waals surface area contributed by atoms with Crippen molar-refractivity contribution in [2.45, 2.75) is 42.4 Å². The van der Waals surface area contributed by atoms with E-state index in [0.717, 1.165) is 31.0 Å². The van der Waals surface area contributed by atoms with Gasteiger partial charge in [0.25, 0.3) is 0 Å². The maximum atomic E-state index is 11.6. The Morgan fingerprint density at radius 1 is 1.10 bits per heavy atom. The number of guanidine groups is 1. The van der Waals surface area contributed by atoms with E-state index in [1.807, 2.05) is 19.2 Å². The summed E-state index contributed by atoms with van der Waals surface area (Å²) in [6.45, 7) is 1.74. The second-order valence-electron chi connectivity index (χ2n) is 8.23. The van der Waals surface area contributed by atoms with Gasteiger partial charge >= 0.3 is 0 Å². The van der Waals surface area contributed by atoms with Crippen LogP contribution in [0.4, 0.5) is 5.69 Å². The van der Waals surface area contributed by atoms with Crippen LogP contribution in [0, 0.1) is 0 Å². The molecule has 1 N–H and O–H groups in total. The lowest BCUT2D eigenvalue weighted by atomic mass is 9.81. The minimum atomic E-state index is -3.15. The molecular weight excluding hydrogens is 509 g/mol. The first kappa shape index (κ1) is 23.1. The first-order valence-electron chi connectivity index (χ1n) is 10.3. The molecule has 4 rings (SSSR count). The Kier molecular flexibility index (Phi) is 7.12. The Morgan fingerprint density at radius 3 is 2.40 bits per heavy atom. The predicted molar refractivity (Wildman–Crippen MR) is 134 cm³/mol. The molecule has 0 unspecified atom stereocenters. The molecule has 2 aliphatic rings. The third-order valence-electron chi connectivity index (χ3n) is 6.30. The molecular formula is C23H30IN3O2S. The van der Waals surface area contributed by atoms with Crippen molar-refractivity contribution in [2.75, 3.05) is 31.3 Å². The molecule has 2 aromatic rings. The van der Waals surface area contributed by atoms with Crippen molar-refractivity contribution in [1.82, 2.24) is 5.32 Å². The van der Waals surface area contributed by atoms with Crippen LogP contribution in [0.5, 0.6) is 0 Å². The number of halogens is 1. The van der Waals surface area contributed by atoms with Crippen LogP contribution < -0.4 is 10.2 Å². The topological polar surface area (TPSA) is 61.8 Å². The lowest BCUT2D eigenvalue weighted by Crippen LogP contribution is -2.44. The van der Waals surface area contributed by atoms with Crippen LogP contribution in [0.2, 0.25) is 0 Å². The predicted octanol–water partition coefficient (Wildman–Crippen LogP) is 4.16. The van der Waals surface area contributed by atoms with Gasteiger partial charge in [0.05, 0.1) is 4.90 Å². The highest BCUT2D eigenvalue weighted by molar-refractivity contribution is 14.0. The van der Waals surface area contributed by atoms with Gasteiger partial charge in [-0.2, -0.15) is 0 Å². The van der Waals surface area contributed by atoms with Crippen molar-refractivity contribution in [3.05, 3.63) is 59.7 Å². The smallest absolute Gasteiger partial charge is 0.198 e. The molecule has 0 aromatic heterocycles. The van der Waals surface area contributed by atoms with Gasteiger partial charge in [-0.3, -0.25) is 4.99 Å². The zero-order chi connectivity index (χ0) is 20.5. The molecule has 7 heteroatoms. The SMILES string of the molecule is CN=C(NCCc1ccc(S(C)(=O)=O)cc1)N1CC2(CCCC2)c2ccccc21.I. The summed E-state index contributed by atoms with van der Waals surface area (Å²) in [5.74, 6) is 0.911. The molecule has 1 fully saturated rings. The van der Waals surface area contributed by atoms with E-state index in [4.69, 9.17) is 0 Å². The van der Waals surface area contributed by atoms with Gasteiger partial charge in [-0.25, -0.2) is 8.42 Å². The van der Waals surface area contributed by atoms with Gasteiger partial charge in [0.1, 0.15) is 0 Å². The van der Waals surface area contributed by atoms with Crippen molar-refractivity contribution >= 4 is 45.5 Å². The highest BCUT2D eigenvalue weighted by Gasteiger charge is 2.45. The standard InChI is InChI=1S/C23H29N3O2S.HI/c1-24-22(25-16-13-18-9-11-19(12-10-18)29(2,27)28)26-17-23(14-5-6-15-23)20-7-3-4-8-21(20)26;/h3-4,7-12H,5-6,13-17H2,1-2H3,(H,24,25);1H. The fourth-order valence-electron chi connectivity index (χ4n) is 4.82. The number of sulfone groups is 1. The number of rotatable bonds is 4. The van der Waals surface area contributed by atoms with Crippen molar-refractivity contribution in [3.8, 4) is 0 Å². The first-order chi connectivity index (χ1) is 13.9. The van der Waals surface area contributed by atoms with Crippen LogP contribution in [-0.2, 0) is 21.7 Å². The molecule has 30 heavy (non-hydrogen) atoms. The number of aliphatic imine (C=N–C) groups is 1. The number of benzene rings is 2. The van der Waals surface area contributed by atoms with Crippen molar-refractivity contribution in [3.63, 3.8) is 0 Å². The highest BCUT2D eigenvalue weighted by Crippen LogP contribution is 2.50. The van der Waals surface area contributed by atoms with E-state index in [-0.39, 0.29) is 29.4 Å². The highest BCUT2D eigenvalue weighted by atomic mass is 127. The second-order valence-corrected chi connectivity index (χ2v) is 10.2. The van der Waals surface area contributed by atoms with Gasteiger partial charge in [-0.1, -0.05) is 43.2 Å².